The number of aliphatic hydroxyl groups excluding tert-OH is 1. The molecular formula is C20H22F3NO4. The second-order valence-electron chi connectivity index (χ2n) is 5.50. The van der Waals surface area contributed by atoms with Gasteiger partial charge in [-0.25, -0.2) is 0 Å². The molecule has 28 heavy (non-hydrogen) atoms. The van der Waals surface area contributed by atoms with Crippen molar-refractivity contribution in [3.63, 3.8) is 0 Å². The predicted octanol–water partition coefficient (Wildman–Crippen LogP) is 3.25. The third kappa shape index (κ3) is 7.40. The van der Waals surface area contributed by atoms with E-state index in [1.807, 2.05) is 6.07 Å². The zero-order valence-electron chi connectivity index (χ0n) is 15.3. The molecule has 0 radical (unpaired) electrons. The molecule has 0 saturated carbocycles. The van der Waals surface area contributed by atoms with Gasteiger partial charge in [-0.3, -0.25) is 4.79 Å². The Morgan fingerprint density at radius 1 is 1.18 bits per heavy atom. The first-order valence-corrected chi connectivity index (χ1v) is 8.46. The molecule has 5 nitrogen and oxygen atoms in total. The van der Waals surface area contributed by atoms with Gasteiger partial charge in [0.1, 0.15) is 12.0 Å². The topological polar surface area (TPSA) is 75.6 Å². The quantitative estimate of drug-likeness (QED) is 0.614. The highest BCUT2D eigenvalue weighted by molar-refractivity contribution is 5.94. The minimum atomic E-state index is -4.25. The normalized spacial score (nSPS) is 11.6. The summed E-state index contributed by atoms with van der Waals surface area (Å²) in [6, 6.07) is 12.5. The van der Waals surface area contributed by atoms with E-state index < -0.39 is 11.7 Å². The second-order valence-corrected chi connectivity index (χ2v) is 5.50. The lowest BCUT2D eigenvalue weighted by molar-refractivity contribution is -0.137. The summed E-state index contributed by atoms with van der Waals surface area (Å²) in [4.78, 5) is 21.3. The number of halogens is 3. The average Bonchev–Trinajstić information content (AvgIpc) is 3.18. The molecule has 0 spiro atoms. The number of hydrogen-bond acceptors (Lipinski definition) is 4. The summed E-state index contributed by atoms with van der Waals surface area (Å²) in [7, 11) is 1.00. The highest BCUT2D eigenvalue weighted by Gasteiger charge is 2.31. The minimum absolute atomic E-state index is 0.137. The van der Waals surface area contributed by atoms with Gasteiger partial charge in [0.25, 0.3) is 5.91 Å². The third-order valence-corrected chi connectivity index (χ3v) is 3.60. The van der Waals surface area contributed by atoms with E-state index in [0.717, 1.165) is 25.5 Å². The highest BCUT2D eigenvalue weighted by Crippen LogP contribution is 2.34. The summed E-state index contributed by atoms with van der Waals surface area (Å²) in [6.45, 7) is 0.883. The first-order chi connectivity index (χ1) is 13.4. The van der Waals surface area contributed by atoms with Gasteiger partial charge in [-0.1, -0.05) is 18.2 Å². The number of aliphatic hydroxyl groups is 1. The van der Waals surface area contributed by atoms with Crippen LogP contribution < -0.4 is 10.1 Å². The summed E-state index contributed by atoms with van der Waals surface area (Å²) in [6.07, 6.45) is -2.54. The smallest absolute Gasteiger partial charge is 0.416 e. The van der Waals surface area contributed by atoms with Crippen molar-refractivity contribution in [3.8, 4) is 5.75 Å². The molecule has 0 aliphatic carbocycles. The molecule has 3 rings (SSSR count). The summed E-state index contributed by atoms with van der Waals surface area (Å²) < 4.78 is 41.7. The first kappa shape index (κ1) is 23.2. The fraction of sp³-hybridized carbons (Fsp3) is 0.300. The Labute approximate surface area is 161 Å². The number of hydrogen-bond donors (Lipinski definition) is 2. The zero-order valence-corrected chi connectivity index (χ0v) is 15.3. The van der Waals surface area contributed by atoms with Gasteiger partial charge >= 0.3 is 6.18 Å². The van der Waals surface area contributed by atoms with Crippen LogP contribution in [0, 0.1) is 0 Å². The third-order valence-electron chi connectivity index (χ3n) is 3.60. The molecule has 1 aliphatic heterocycles. The summed E-state index contributed by atoms with van der Waals surface area (Å²) >= 11 is 0. The van der Waals surface area contributed by atoms with Gasteiger partial charge in [-0.15, -0.1) is 0 Å². The number of alkyl halides is 3. The number of amides is 1. The summed E-state index contributed by atoms with van der Waals surface area (Å²) in [5.74, 6) is 0.440. The molecule has 0 saturated heterocycles. The fourth-order valence-electron chi connectivity index (χ4n) is 2.30. The zero-order chi connectivity index (χ0) is 21.0. The van der Waals surface area contributed by atoms with Crippen LogP contribution in [0.2, 0.25) is 0 Å². The van der Waals surface area contributed by atoms with E-state index in [2.05, 4.69) is 5.32 Å². The van der Waals surface area contributed by atoms with Crippen molar-refractivity contribution in [2.45, 2.75) is 19.0 Å². The number of nitrogens with one attached hydrogen (secondary N) is 1. The molecule has 152 valence electrons. The van der Waals surface area contributed by atoms with E-state index >= 15 is 0 Å². The molecule has 0 unspecified atom stereocenters. The van der Waals surface area contributed by atoms with E-state index in [4.69, 9.17) is 9.84 Å². The number of carbonyl (C=O) groups excluding carboxylic acids is 2. The minimum Gasteiger partial charge on any atom is -0.493 e. The molecule has 2 aromatic rings. The summed E-state index contributed by atoms with van der Waals surface area (Å²) in [5, 5.41) is 9.63. The van der Waals surface area contributed by atoms with Gasteiger partial charge in [0.15, 0.2) is 0 Å². The van der Waals surface area contributed by atoms with Gasteiger partial charge in [0.05, 0.1) is 12.2 Å². The van der Waals surface area contributed by atoms with Crippen molar-refractivity contribution in [2.75, 3.05) is 20.3 Å². The van der Waals surface area contributed by atoms with E-state index in [1.165, 1.54) is 6.07 Å². The summed E-state index contributed by atoms with van der Waals surface area (Å²) in [5.41, 5.74) is 0.667. The lowest BCUT2D eigenvalue weighted by Gasteiger charge is -2.07. The molecule has 0 atom stereocenters. The number of carbonyl (C=O) groups is 2. The number of benzene rings is 2. The largest absolute Gasteiger partial charge is 0.493 e. The molecular weight excluding hydrogens is 375 g/mol. The van der Waals surface area contributed by atoms with Gasteiger partial charge in [0, 0.05) is 32.1 Å². The molecule has 2 N–H and O–H groups in total. The van der Waals surface area contributed by atoms with Crippen molar-refractivity contribution in [1.82, 2.24) is 5.32 Å². The van der Waals surface area contributed by atoms with E-state index in [0.29, 0.717) is 42.9 Å². The number of aldehydes is 1. The van der Waals surface area contributed by atoms with Gasteiger partial charge in [-0.05, 0) is 35.9 Å². The molecule has 2 aromatic carbocycles. The first-order valence-electron chi connectivity index (χ1n) is 8.46. The molecule has 1 aliphatic rings. The Morgan fingerprint density at radius 3 is 2.46 bits per heavy atom. The molecule has 0 aromatic heterocycles. The SMILES string of the molecule is CO.FC(F)(F)c1ccc2c(c1)CCO2.O=CCCNC(=O)c1ccccc1. The van der Waals surface area contributed by atoms with Crippen LogP contribution in [0.5, 0.6) is 5.75 Å². The Kier molecular flexibility index (Phi) is 9.73. The maximum Gasteiger partial charge on any atom is 0.416 e. The van der Waals surface area contributed by atoms with Crippen LogP contribution in [0.25, 0.3) is 0 Å². The Morgan fingerprint density at radius 2 is 1.86 bits per heavy atom. The van der Waals surface area contributed by atoms with Crippen molar-refractivity contribution in [3.05, 3.63) is 65.2 Å². The van der Waals surface area contributed by atoms with Crippen LogP contribution in [0.4, 0.5) is 13.2 Å². The van der Waals surface area contributed by atoms with Crippen molar-refractivity contribution in [2.24, 2.45) is 0 Å². The van der Waals surface area contributed by atoms with Crippen molar-refractivity contribution >= 4 is 12.2 Å². The van der Waals surface area contributed by atoms with E-state index in [-0.39, 0.29) is 5.91 Å². The van der Waals surface area contributed by atoms with Gasteiger partial charge in [-0.2, -0.15) is 13.2 Å². The number of ether oxygens (including phenoxy) is 1. The Bertz CT molecular complexity index is 749. The van der Waals surface area contributed by atoms with Gasteiger partial charge < -0.3 is 20.0 Å². The molecule has 0 fully saturated rings. The maximum atomic E-state index is 12.2. The van der Waals surface area contributed by atoms with Crippen LogP contribution in [-0.2, 0) is 17.4 Å². The predicted molar refractivity (Wildman–Crippen MR) is 98.2 cm³/mol. The molecule has 8 heteroatoms. The maximum absolute atomic E-state index is 12.2. The van der Waals surface area contributed by atoms with Crippen LogP contribution in [-0.4, -0.2) is 37.6 Å². The lowest BCUT2D eigenvalue weighted by atomic mass is 10.1. The Balaban J connectivity index is 0.000000257. The van der Waals surface area contributed by atoms with Crippen LogP contribution in [0.1, 0.15) is 27.9 Å². The fourth-order valence-corrected chi connectivity index (χ4v) is 2.30. The van der Waals surface area contributed by atoms with Gasteiger partial charge in [0.2, 0.25) is 0 Å². The number of rotatable bonds is 4. The van der Waals surface area contributed by atoms with Crippen LogP contribution in [0.15, 0.2) is 48.5 Å². The monoisotopic (exact) mass is 397 g/mol. The van der Waals surface area contributed by atoms with Crippen LogP contribution >= 0.6 is 0 Å². The van der Waals surface area contributed by atoms with Crippen LogP contribution in [0.3, 0.4) is 0 Å². The second kappa shape index (κ2) is 11.8. The van der Waals surface area contributed by atoms with E-state index in [9.17, 15) is 22.8 Å². The number of fused-ring (bicyclic) bond motifs is 1. The molecule has 0 bridgehead atoms. The van der Waals surface area contributed by atoms with Crippen molar-refractivity contribution in [1.29, 1.82) is 0 Å². The average molecular weight is 397 g/mol. The lowest BCUT2D eigenvalue weighted by Crippen LogP contribution is -2.24. The van der Waals surface area contributed by atoms with Crippen molar-refractivity contribution < 1.29 is 32.6 Å². The highest BCUT2D eigenvalue weighted by atomic mass is 19.4. The Hall–Kier alpha value is -2.87. The van der Waals surface area contributed by atoms with E-state index in [1.54, 1.807) is 24.3 Å². The molecule has 1 amide bonds. The molecule has 1 heterocycles. The standard InChI is InChI=1S/C10H11NO2.C9H7F3O.CH4O/c12-8-4-7-11-10(13)9-5-2-1-3-6-9;10-9(11,12)7-1-2-8-6(5-7)3-4-13-8;1-2/h1-3,5-6,8H,4,7H2,(H,11,13);1-2,5H,3-4H2;2H,1H3.